The molecular weight excluding hydrogens is 298 g/mol. The van der Waals surface area contributed by atoms with Crippen molar-refractivity contribution in [1.29, 1.82) is 0 Å². The summed E-state index contributed by atoms with van der Waals surface area (Å²) in [6.45, 7) is 2.07. The van der Waals surface area contributed by atoms with Crippen LogP contribution in [-0.2, 0) is 9.59 Å². The normalized spacial score (nSPS) is 22.6. The molecule has 2 heterocycles. The molecule has 0 atom stereocenters. The van der Waals surface area contributed by atoms with Gasteiger partial charge >= 0.3 is 6.03 Å². The zero-order chi connectivity index (χ0) is 16.2. The Bertz CT molecular complexity index is 519. The Balaban J connectivity index is 1.47. The number of nitrogens with one attached hydrogen (secondary N) is 2. The molecule has 3 aliphatic rings. The summed E-state index contributed by atoms with van der Waals surface area (Å²) < 4.78 is 0. The molecule has 8 heteroatoms. The van der Waals surface area contributed by atoms with Gasteiger partial charge in [-0.1, -0.05) is 12.8 Å². The number of piperazine rings is 1. The van der Waals surface area contributed by atoms with Crippen LogP contribution in [0.3, 0.4) is 0 Å². The molecule has 126 valence electrons. The maximum Gasteiger partial charge on any atom is 0.317 e. The van der Waals surface area contributed by atoms with Gasteiger partial charge in [0.15, 0.2) is 0 Å². The van der Waals surface area contributed by atoms with Crippen molar-refractivity contribution in [3.63, 3.8) is 0 Å². The number of nitrogens with zero attached hydrogens (tertiary/aromatic N) is 3. The van der Waals surface area contributed by atoms with Gasteiger partial charge in [0.25, 0.3) is 5.91 Å². The quantitative estimate of drug-likeness (QED) is 0.752. The zero-order valence-corrected chi connectivity index (χ0v) is 13.2. The van der Waals surface area contributed by atoms with Crippen LogP contribution in [0.15, 0.2) is 5.10 Å². The Morgan fingerprint density at radius 3 is 2.30 bits per heavy atom. The van der Waals surface area contributed by atoms with Gasteiger partial charge in [0.2, 0.25) is 5.91 Å². The summed E-state index contributed by atoms with van der Waals surface area (Å²) >= 11 is 0. The largest absolute Gasteiger partial charge is 0.335 e. The first-order valence-corrected chi connectivity index (χ1v) is 8.33. The predicted octanol–water partition coefficient (Wildman–Crippen LogP) is 0.0488. The second kappa shape index (κ2) is 6.97. The fraction of sp³-hybridized carbons (Fsp3) is 0.733. The molecule has 23 heavy (non-hydrogen) atoms. The fourth-order valence-electron chi connectivity index (χ4n) is 3.26. The van der Waals surface area contributed by atoms with E-state index in [4.69, 9.17) is 0 Å². The number of carbonyl (C=O) groups is 3. The molecular formula is C15H23N5O3. The molecule has 2 N–H and O–H groups in total. The Hall–Kier alpha value is -2.12. The molecule has 0 aromatic rings. The summed E-state index contributed by atoms with van der Waals surface area (Å²) in [6.07, 6.45) is 5.19. The molecule has 3 rings (SSSR count). The molecule has 0 aromatic carbocycles. The van der Waals surface area contributed by atoms with Gasteiger partial charge in [-0.05, 0) is 12.8 Å². The molecule has 0 radical (unpaired) electrons. The van der Waals surface area contributed by atoms with Gasteiger partial charge in [0.1, 0.15) is 5.71 Å². The van der Waals surface area contributed by atoms with Crippen molar-refractivity contribution in [3.05, 3.63) is 0 Å². The number of hydrogen-bond donors (Lipinski definition) is 2. The van der Waals surface area contributed by atoms with E-state index in [1.165, 1.54) is 12.8 Å². The minimum Gasteiger partial charge on any atom is -0.335 e. The van der Waals surface area contributed by atoms with Crippen LogP contribution in [-0.4, -0.2) is 65.6 Å². The van der Waals surface area contributed by atoms with Gasteiger partial charge in [0.05, 0.1) is 0 Å². The smallest absolute Gasteiger partial charge is 0.317 e. The Labute approximate surface area is 135 Å². The van der Waals surface area contributed by atoms with E-state index >= 15 is 0 Å². The highest BCUT2D eigenvalue weighted by molar-refractivity contribution is 6.39. The fourth-order valence-corrected chi connectivity index (χ4v) is 3.26. The van der Waals surface area contributed by atoms with E-state index in [1.807, 2.05) is 0 Å². The predicted molar refractivity (Wildman–Crippen MR) is 83.8 cm³/mol. The summed E-state index contributed by atoms with van der Waals surface area (Å²) in [5.74, 6) is -0.296. The van der Waals surface area contributed by atoms with Crippen LogP contribution in [0.1, 0.15) is 38.5 Å². The van der Waals surface area contributed by atoms with Gasteiger partial charge in [-0.2, -0.15) is 5.10 Å². The second-order valence-electron chi connectivity index (χ2n) is 6.30. The molecule has 1 saturated carbocycles. The lowest BCUT2D eigenvalue weighted by atomic mass is 10.1. The maximum absolute atomic E-state index is 12.3. The molecule has 0 bridgehead atoms. The molecule has 1 saturated heterocycles. The van der Waals surface area contributed by atoms with Gasteiger partial charge in [-0.25, -0.2) is 10.2 Å². The van der Waals surface area contributed by atoms with E-state index in [-0.39, 0.29) is 17.8 Å². The highest BCUT2D eigenvalue weighted by Gasteiger charge is 2.29. The molecule has 1 aliphatic carbocycles. The van der Waals surface area contributed by atoms with Crippen LogP contribution in [0, 0.1) is 0 Å². The number of hydrogen-bond acceptors (Lipinski definition) is 4. The highest BCUT2D eigenvalue weighted by atomic mass is 16.2. The highest BCUT2D eigenvalue weighted by Crippen LogP contribution is 2.18. The van der Waals surface area contributed by atoms with Gasteiger partial charge in [-0.3, -0.25) is 9.59 Å². The van der Waals surface area contributed by atoms with E-state index < -0.39 is 0 Å². The van der Waals surface area contributed by atoms with Gasteiger partial charge < -0.3 is 15.1 Å². The van der Waals surface area contributed by atoms with Crippen molar-refractivity contribution in [2.75, 3.05) is 26.2 Å². The standard InChI is InChI=1S/C15H23N5O3/c21-13-6-5-12(17-18-13)14(22)19-7-9-20(10-8-19)15(23)16-11-3-1-2-4-11/h11H,1-10H2,(H,16,23)(H,18,21). The first-order valence-electron chi connectivity index (χ1n) is 8.33. The molecule has 2 fully saturated rings. The number of amides is 4. The van der Waals surface area contributed by atoms with Crippen LogP contribution in [0.2, 0.25) is 0 Å². The average molecular weight is 321 g/mol. The summed E-state index contributed by atoms with van der Waals surface area (Å²) in [5.41, 5.74) is 2.74. The molecule has 0 aromatic heterocycles. The summed E-state index contributed by atoms with van der Waals surface area (Å²) in [4.78, 5) is 39.1. The first-order chi connectivity index (χ1) is 11.1. The van der Waals surface area contributed by atoms with E-state index in [0.717, 1.165) is 12.8 Å². The topological polar surface area (TPSA) is 94.1 Å². The Morgan fingerprint density at radius 2 is 1.70 bits per heavy atom. The summed E-state index contributed by atoms with van der Waals surface area (Å²) in [7, 11) is 0. The van der Waals surface area contributed by atoms with Crippen molar-refractivity contribution in [1.82, 2.24) is 20.5 Å². The van der Waals surface area contributed by atoms with Crippen LogP contribution in [0.25, 0.3) is 0 Å². The molecule has 0 spiro atoms. The Kier molecular flexibility index (Phi) is 4.78. The van der Waals surface area contributed by atoms with Crippen molar-refractivity contribution in [2.24, 2.45) is 5.10 Å². The van der Waals surface area contributed by atoms with E-state index in [9.17, 15) is 14.4 Å². The lowest BCUT2D eigenvalue weighted by Gasteiger charge is -2.35. The van der Waals surface area contributed by atoms with E-state index in [0.29, 0.717) is 50.8 Å². The third-order valence-corrected chi connectivity index (χ3v) is 4.69. The van der Waals surface area contributed by atoms with Gasteiger partial charge in [0, 0.05) is 45.1 Å². The molecule has 4 amide bonds. The number of hydrazone groups is 1. The summed E-state index contributed by atoms with van der Waals surface area (Å²) in [5, 5.41) is 6.91. The summed E-state index contributed by atoms with van der Waals surface area (Å²) in [6, 6.07) is 0.286. The van der Waals surface area contributed by atoms with Crippen LogP contribution in [0.4, 0.5) is 4.79 Å². The number of carbonyl (C=O) groups excluding carboxylic acids is 3. The van der Waals surface area contributed by atoms with Crippen molar-refractivity contribution < 1.29 is 14.4 Å². The first kappa shape index (κ1) is 15.8. The lowest BCUT2D eigenvalue weighted by Crippen LogP contribution is -2.55. The van der Waals surface area contributed by atoms with Gasteiger partial charge in [-0.15, -0.1) is 0 Å². The SMILES string of the molecule is O=C1CCC(C(=O)N2CCN(C(=O)NC3CCCC3)CC2)=NN1. The Morgan fingerprint density at radius 1 is 1.04 bits per heavy atom. The average Bonchev–Trinajstić information content (AvgIpc) is 3.08. The number of rotatable bonds is 2. The minimum absolute atomic E-state index is 0.0220. The van der Waals surface area contributed by atoms with E-state index in [2.05, 4.69) is 15.8 Å². The third-order valence-electron chi connectivity index (χ3n) is 4.69. The molecule has 0 unspecified atom stereocenters. The zero-order valence-electron chi connectivity index (χ0n) is 13.2. The monoisotopic (exact) mass is 321 g/mol. The van der Waals surface area contributed by atoms with Crippen molar-refractivity contribution >= 4 is 23.6 Å². The van der Waals surface area contributed by atoms with Crippen molar-refractivity contribution in [3.8, 4) is 0 Å². The maximum atomic E-state index is 12.3. The second-order valence-corrected chi connectivity index (χ2v) is 6.30. The molecule has 8 nitrogen and oxygen atoms in total. The lowest BCUT2D eigenvalue weighted by molar-refractivity contribution is -0.125. The minimum atomic E-state index is -0.157. The van der Waals surface area contributed by atoms with Crippen LogP contribution < -0.4 is 10.7 Å². The van der Waals surface area contributed by atoms with E-state index in [1.54, 1.807) is 9.80 Å². The van der Waals surface area contributed by atoms with Crippen molar-refractivity contribution in [2.45, 2.75) is 44.6 Å². The van der Waals surface area contributed by atoms with Crippen LogP contribution >= 0.6 is 0 Å². The van der Waals surface area contributed by atoms with Crippen LogP contribution in [0.5, 0.6) is 0 Å². The molecule has 2 aliphatic heterocycles. The third kappa shape index (κ3) is 3.80. The number of urea groups is 1.